The van der Waals surface area contributed by atoms with Gasteiger partial charge in [0.1, 0.15) is 5.75 Å². The highest BCUT2D eigenvalue weighted by atomic mass is 79.9. The fourth-order valence-electron chi connectivity index (χ4n) is 2.50. The zero-order valence-corrected chi connectivity index (χ0v) is 12.7. The third-order valence-corrected chi connectivity index (χ3v) is 4.35. The molecule has 2 aromatic carbocycles. The van der Waals surface area contributed by atoms with Gasteiger partial charge in [-0.3, -0.25) is 0 Å². The highest BCUT2D eigenvalue weighted by Crippen LogP contribution is 2.35. The average molecular weight is 338 g/mol. The molecule has 1 nitrogen and oxygen atoms in total. The number of ether oxygens (including phenoxy) is 1. The lowest BCUT2D eigenvalue weighted by Crippen LogP contribution is -2.23. The van der Waals surface area contributed by atoms with E-state index in [9.17, 15) is 0 Å². The van der Waals surface area contributed by atoms with Gasteiger partial charge in [0, 0.05) is 16.0 Å². The number of fused-ring (bicyclic) bond motifs is 1. The lowest BCUT2D eigenvalue weighted by Gasteiger charge is -2.30. The third-order valence-electron chi connectivity index (χ3n) is 3.57. The van der Waals surface area contributed by atoms with Crippen molar-refractivity contribution in [3.05, 3.63) is 63.6 Å². The van der Waals surface area contributed by atoms with E-state index in [1.165, 1.54) is 11.1 Å². The van der Waals surface area contributed by atoms with Crippen LogP contribution in [0.4, 0.5) is 0 Å². The molecule has 0 radical (unpaired) electrons. The van der Waals surface area contributed by atoms with Gasteiger partial charge < -0.3 is 4.74 Å². The van der Waals surface area contributed by atoms with Crippen LogP contribution in [-0.2, 0) is 12.3 Å². The standard InChI is InChI=1S/C16H14BrClO/c17-14-5-6-16(12(8-14)9-18)19-10-13-7-11-3-1-2-4-15(11)13/h1-6,8,13H,7,9-10H2. The summed E-state index contributed by atoms with van der Waals surface area (Å²) in [6.45, 7) is 0.725. The number of benzene rings is 2. The second-order valence-corrected chi connectivity index (χ2v) is 5.98. The fraction of sp³-hybridized carbons (Fsp3) is 0.250. The Labute approximate surface area is 126 Å². The summed E-state index contributed by atoms with van der Waals surface area (Å²) in [4.78, 5) is 0. The summed E-state index contributed by atoms with van der Waals surface area (Å²) in [6.07, 6.45) is 1.11. The molecule has 0 bridgehead atoms. The largest absolute Gasteiger partial charge is 0.493 e. The van der Waals surface area contributed by atoms with Crippen LogP contribution >= 0.6 is 27.5 Å². The van der Waals surface area contributed by atoms with Crippen molar-refractivity contribution < 1.29 is 4.74 Å². The van der Waals surface area contributed by atoms with Gasteiger partial charge in [0.05, 0.1) is 12.5 Å². The number of rotatable bonds is 4. The van der Waals surface area contributed by atoms with Crippen LogP contribution in [0.15, 0.2) is 46.9 Å². The van der Waals surface area contributed by atoms with Gasteiger partial charge in [-0.15, -0.1) is 11.6 Å². The van der Waals surface area contributed by atoms with E-state index < -0.39 is 0 Å². The Balaban J connectivity index is 1.68. The van der Waals surface area contributed by atoms with Gasteiger partial charge in [0.25, 0.3) is 0 Å². The van der Waals surface area contributed by atoms with Crippen LogP contribution in [0.5, 0.6) is 5.75 Å². The van der Waals surface area contributed by atoms with Crippen molar-refractivity contribution in [1.29, 1.82) is 0 Å². The highest BCUT2D eigenvalue weighted by Gasteiger charge is 2.26. The van der Waals surface area contributed by atoms with Gasteiger partial charge in [0.15, 0.2) is 0 Å². The molecule has 0 saturated heterocycles. The fourth-order valence-corrected chi connectivity index (χ4v) is 3.11. The van der Waals surface area contributed by atoms with E-state index in [4.69, 9.17) is 16.3 Å². The zero-order valence-electron chi connectivity index (χ0n) is 10.4. The van der Waals surface area contributed by atoms with Crippen molar-refractivity contribution in [3.8, 4) is 5.75 Å². The molecule has 0 heterocycles. The van der Waals surface area contributed by atoms with E-state index in [0.29, 0.717) is 11.8 Å². The summed E-state index contributed by atoms with van der Waals surface area (Å²) >= 11 is 9.40. The molecule has 3 rings (SSSR count). The van der Waals surface area contributed by atoms with Crippen LogP contribution in [0, 0.1) is 0 Å². The molecule has 1 unspecified atom stereocenters. The van der Waals surface area contributed by atoms with Gasteiger partial charge >= 0.3 is 0 Å². The first kappa shape index (κ1) is 13.0. The van der Waals surface area contributed by atoms with Gasteiger partial charge in [-0.05, 0) is 35.7 Å². The number of halogens is 2. The van der Waals surface area contributed by atoms with Crippen LogP contribution in [0.3, 0.4) is 0 Å². The summed E-state index contributed by atoms with van der Waals surface area (Å²) in [5.41, 5.74) is 3.90. The molecule has 3 heteroatoms. The molecule has 1 aliphatic carbocycles. The van der Waals surface area contributed by atoms with Crippen LogP contribution < -0.4 is 4.74 Å². The van der Waals surface area contributed by atoms with Gasteiger partial charge in [-0.25, -0.2) is 0 Å². The molecule has 98 valence electrons. The lowest BCUT2D eigenvalue weighted by atomic mass is 9.78. The quantitative estimate of drug-likeness (QED) is 0.721. The summed E-state index contributed by atoms with van der Waals surface area (Å²) in [6, 6.07) is 14.5. The van der Waals surface area contributed by atoms with Crippen molar-refractivity contribution in [3.63, 3.8) is 0 Å². The summed E-state index contributed by atoms with van der Waals surface area (Å²) in [7, 11) is 0. The molecule has 0 fully saturated rings. The van der Waals surface area contributed by atoms with E-state index in [2.05, 4.69) is 40.2 Å². The smallest absolute Gasteiger partial charge is 0.123 e. The highest BCUT2D eigenvalue weighted by molar-refractivity contribution is 9.10. The Bertz CT molecular complexity index is 597. The first-order chi connectivity index (χ1) is 9.28. The molecular weight excluding hydrogens is 324 g/mol. The van der Waals surface area contributed by atoms with E-state index in [-0.39, 0.29) is 0 Å². The maximum atomic E-state index is 5.95. The van der Waals surface area contributed by atoms with Crippen molar-refractivity contribution in [2.24, 2.45) is 0 Å². The SMILES string of the molecule is ClCc1cc(Br)ccc1OCC1Cc2ccccc21. The average Bonchev–Trinajstić information content (AvgIpc) is 2.41. The van der Waals surface area contributed by atoms with Crippen molar-refractivity contribution >= 4 is 27.5 Å². The van der Waals surface area contributed by atoms with Crippen molar-refractivity contribution in [2.45, 2.75) is 18.2 Å². The summed E-state index contributed by atoms with van der Waals surface area (Å²) in [5, 5.41) is 0. The van der Waals surface area contributed by atoms with E-state index in [1.807, 2.05) is 18.2 Å². The molecule has 0 aliphatic heterocycles. The Morgan fingerprint density at radius 2 is 2.05 bits per heavy atom. The molecule has 1 atom stereocenters. The first-order valence-corrected chi connectivity index (χ1v) is 7.65. The first-order valence-electron chi connectivity index (χ1n) is 6.33. The molecule has 0 N–H and O–H groups in total. The van der Waals surface area contributed by atoms with Crippen LogP contribution in [0.2, 0.25) is 0 Å². The number of alkyl halides is 1. The molecule has 0 aromatic heterocycles. The van der Waals surface area contributed by atoms with Gasteiger partial charge in [-0.2, -0.15) is 0 Å². The Kier molecular flexibility index (Phi) is 3.81. The normalized spacial score (nSPS) is 16.6. The monoisotopic (exact) mass is 336 g/mol. The molecule has 2 aromatic rings. The van der Waals surface area contributed by atoms with Crippen molar-refractivity contribution in [2.75, 3.05) is 6.61 Å². The Morgan fingerprint density at radius 3 is 2.84 bits per heavy atom. The maximum absolute atomic E-state index is 5.95. The summed E-state index contributed by atoms with van der Waals surface area (Å²) < 4.78 is 6.97. The minimum absolute atomic E-state index is 0.468. The van der Waals surface area contributed by atoms with Gasteiger partial charge in [0.2, 0.25) is 0 Å². The van der Waals surface area contributed by atoms with Crippen molar-refractivity contribution in [1.82, 2.24) is 0 Å². The van der Waals surface area contributed by atoms with Gasteiger partial charge in [-0.1, -0.05) is 40.2 Å². The van der Waals surface area contributed by atoms with E-state index >= 15 is 0 Å². The summed E-state index contributed by atoms with van der Waals surface area (Å²) in [5.74, 6) is 1.88. The maximum Gasteiger partial charge on any atom is 0.123 e. The molecule has 0 amide bonds. The lowest BCUT2D eigenvalue weighted by molar-refractivity contribution is 0.273. The van der Waals surface area contributed by atoms with Crippen LogP contribution in [0.25, 0.3) is 0 Å². The predicted octanol–water partition coefficient (Wildman–Crippen LogP) is 4.91. The van der Waals surface area contributed by atoms with Crippen LogP contribution in [0.1, 0.15) is 22.6 Å². The molecular formula is C16H14BrClO. The minimum Gasteiger partial charge on any atom is -0.493 e. The topological polar surface area (TPSA) is 9.23 Å². The Morgan fingerprint density at radius 1 is 1.21 bits per heavy atom. The van der Waals surface area contributed by atoms with E-state index in [0.717, 1.165) is 28.8 Å². The second-order valence-electron chi connectivity index (χ2n) is 4.80. The van der Waals surface area contributed by atoms with E-state index in [1.54, 1.807) is 0 Å². The molecule has 1 aliphatic rings. The molecule has 19 heavy (non-hydrogen) atoms. The molecule has 0 spiro atoms. The third kappa shape index (κ3) is 2.65. The molecule has 0 saturated carbocycles. The number of hydrogen-bond acceptors (Lipinski definition) is 1. The number of hydrogen-bond donors (Lipinski definition) is 0. The second kappa shape index (κ2) is 5.56. The zero-order chi connectivity index (χ0) is 13.2. The minimum atomic E-state index is 0.468. The van der Waals surface area contributed by atoms with Crippen LogP contribution in [-0.4, -0.2) is 6.61 Å². The predicted molar refractivity (Wildman–Crippen MR) is 82.1 cm³/mol. The Hall–Kier alpha value is -0.990.